The highest BCUT2D eigenvalue weighted by Crippen LogP contribution is 2.21. The van der Waals surface area contributed by atoms with Crippen LogP contribution in [-0.4, -0.2) is 15.6 Å². The van der Waals surface area contributed by atoms with Gasteiger partial charge in [-0.1, -0.05) is 36.4 Å². The highest BCUT2D eigenvalue weighted by Gasteiger charge is 2.13. The number of aromatic nitrogens is 1. The molecule has 0 saturated heterocycles. The molecule has 1 N–H and O–H groups in total. The van der Waals surface area contributed by atoms with E-state index >= 15 is 0 Å². The van der Waals surface area contributed by atoms with Crippen LogP contribution in [0.15, 0.2) is 53.3 Å². The number of benzene rings is 2. The SMILES string of the molecule is Cc1cc(=O)n(Cc2ccccc2C(=O)O)c2c(C)cccc12. The average Bonchev–Trinajstić information content (AvgIpc) is 2.52. The lowest BCUT2D eigenvalue weighted by atomic mass is 10.0. The zero-order valence-electron chi connectivity index (χ0n) is 13.0. The van der Waals surface area contributed by atoms with Crippen molar-refractivity contribution in [2.24, 2.45) is 0 Å². The van der Waals surface area contributed by atoms with Gasteiger partial charge in [-0.05, 0) is 36.6 Å². The number of rotatable bonds is 3. The maximum Gasteiger partial charge on any atom is 0.336 e. The van der Waals surface area contributed by atoms with Crippen molar-refractivity contribution in [2.45, 2.75) is 20.4 Å². The number of aromatic carboxylic acids is 1. The Bertz CT molecular complexity index is 970. The first kappa shape index (κ1) is 15.0. The third-order valence-corrected chi connectivity index (χ3v) is 4.11. The molecule has 0 spiro atoms. The Morgan fingerprint density at radius 1 is 1.04 bits per heavy atom. The van der Waals surface area contributed by atoms with Crippen LogP contribution in [0.5, 0.6) is 0 Å². The monoisotopic (exact) mass is 307 g/mol. The van der Waals surface area contributed by atoms with Crippen LogP contribution in [0.25, 0.3) is 10.9 Å². The van der Waals surface area contributed by atoms with E-state index in [0.717, 1.165) is 22.0 Å². The number of aryl methyl sites for hydroxylation is 2. The van der Waals surface area contributed by atoms with Crippen LogP contribution in [0, 0.1) is 13.8 Å². The van der Waals surface area contributed by atoms with Gasteiger partial charge in [-0.3, -0.25) is 4.79 Å². The Labute approximate surface area is 133 Å². The van der Waals surface area contributed by atoms with Crippen LogP contribution in [0.2, 0.25) is 0 Å². The molecule has 0 fully saturated rings. The predicted molar refractivity (Wildman–Crippen MR) is 90.2 cm³/mol. The molecule has 0 aliphatic rings. The van der Waals surface area contributed by atoms with Gasteiger partial charge in [-0.25, -0.2) is 4.79 Å². The minimum absolute atomic E-state index is 0.121. The molecule has 0 aliphatic heterocycles. The summed E-state index contributed by atoms with van der Waals surface area (Å²) in [5, 5.41) is 10.3. The van der Waals surface area contributed by atoms with Crippen molar-refractivity contribution in [3.8, 4) is 0 Å². The predicted octanol–water partition coefficient (Wildman–Crippen LogP) is 3.36. The topological polar surface area (TPSA) is 59.3 Å². The average molecular weight is 307 g/mol. The summed E-state index contributed by atoms with van der Waals surface area (Å²) < 4.78 is 1.65. The lowest BCUT2D eigenvalue weighted by molar-refractivity contribution is 0.0695. The van der Waals surface area contributed by atoms with Gasteiger partial charge in [0.15, 0.2) is 0 Å². The lowest BCUT2D eigenvalue weighted by Crippen LogP contribution is -2.22. The molecule has 0 radical (unpaired) electrons. The van der Waals surface area contributed by atoms with Crippen molar-refractivity contribution in [1.29, 1.82) is 0 Å². The molecule has 4 heteroatoms. The fourth-order valence-corrected chi connectivity index (χ4v) is 2.98. The molecule has 1 aromatic heterocycles. The van der Waals surface area contributed by atoms with Crippen LogP contribution in [0.4, 0.5) is 0 Å². The van der Waals surface area contributed by atoms with Gasteiger partial charge in [0, 0.05) is 11.5 Å². The normalized spacial score (nSPS) is 10.9. The van der Waals surface area contributed by atoms with Gasteiger partial charge in [-0.15, -0.1) is 0 Å². The number of nitrogens with zero attached hydrogens (tertiary/aromatic N) is 1. The Balaban J connectivity index is 2.26. The number of para-hydroxylation sites is 1. The minimum Gasteiger partial charge on any atom is -0.478 e. The second-order valence-corrected chi connectivity index (χ2v) is 5.69. The Morgan fingerprint density at radius 2 is 1.78 bits per heavy atom. The molecule has 23 heavy (non-hydrogen) atoms. The van der Waals surface area contributed by atoms with E-state index in [0.29, 0.717) is 5.56 Å². The first-order valence-corrected chi connectivity index (χ1v) is 7.40. The highest BCUT2D eigenvalue weighted by molar-refractivity contribution is 5.89. The quantitative estimate of drug-likeness (QED) is 0.807. The van der Waals surface area contributed by atoms with Gasteiger partial charge in [0.2, 0.25) is 0 Å². The summed E-state index contributed by atoms with van der Waals surface area (Å²) in [6.07, 6.45) is 0. The summed E-state index contributed by atoms with van der Waals surface area (Å²) in [4.78, 5) is 23.9. The smallest absolute Gasteiger partial charge is 0.336 e. The standard InChI is InChI=1S/C19H17NO3/c1-12-6-5-9-15-13(2)10-17(21)20(18(12)15)11-14-7-3-4-8-16(14)19(22)23/h3-10H,11H2,1-2H3,(H,22,23). The zero-order chi connectivity index (χ0) is 16.6. The van der Waals surface area contributed by atoms with E-state index in [1.165, 1.54) is 0 Å². The van der Waals surface area contributed by atoms with Crippen LogP contribution < -0.4 is 5.56 Å². The first-order valence-electron chi connectivity index (χ1n) is 7.40. The summed E-state index contributed by atoms with van der Waals surface area (Å²) in [6.45, 7) is 4.11. The van der Waals surface area contributed by atoms with Crippen molar-refractivity contribution >= 4 is 16.9 Å². The molecular weight excluding hydrogens is 290 g/mol. The fourth-order valence-electron chi connectivity index (χ4n) is 2.98. The number of hydrogen-bond donors (Lipinski definition) is 1. The Kier molecular flexibility index (Phi) is 3.74. The summed E-state index contributed by atoms with van der Waals surface area (Å²) in [5.74, 6) is -0.984. The third-order valence-electron chi connectivity index (χ3n) is 4.11. The summed E-state index contributed by atoms with van der Waals surface area (Å²) in [6, 6.07) is 14.3. The molecule has 3 aromatic rings. The molecule has 3 rings (SSSR count). The molecule has 0 unspecified atom stereocenters. The van der Waals surface area contributed by atoms with Crippen molar-refractivity contribution in [3.05, 3.63) is 81.1 Å². The van der Waals surface area contributed by atoms with E-state index in [1.807, 2.05) is 32.0 Å². The molecule has 0 amide bonds. The van der Waals surface area contributed by atoms with Crippen molar-refractivity contribution in [1.82, 2.24) is 4.57 Å². The van der Waals surface area contributed by atoms with Crippen LogP contribution in [0.1, 0.15) is 27.0 Å². The molecule has 116 valence electrons. The lowest BCUT2D eigenvalue weighted by Gasteiger charge is -2.15. The molecule has 0 atom stereocenters. The third kappa shape index (κ3) is 2.63. The molecule has 2 aromatic carbocycles. The van der Waals surface area contributed by atoms with E-state index in [-0.39, 0.29) is 17.7 Å². The highest BCUT2D eigenvalue weighted by atomic mass is 16.4. The maximum absolute atomic E-state index is 12.5. The second-order valence-electron chi connectivity index (χ2n) is 5.69. The molecule has 0 bridgehead atoms. The van der Waals surface area contributed by atoms with Gasteiger partial charge in [0.25, 0.3) is 5.56 Å². The number of fused-ring (bicyclic) bond motifs is 1. The summed E-state index contributed by atoms with van der Waals surface area (Å²) in [5.41, 5.74) is 3.51. The first-order chi connectivity index (χ1) is 11.0. The van der Waals surface area contributed by atoms with Crippen molar-refractivity contribution in [3.63, 3.8) is 0 Å². The molecule has 0 aliphatic carbocycles. The van der Waals surface area contributed by atoms with Gasteiger partial charge >= 0.3 is 5.97 Å². The molecular formula is C19H17NO3. The zero-order valence-corrected chi connectivity index (χ0v) is 13.0. The number of hydrogen-bond acceptors (Lipinski definition) is 2. The molecule has 0 saturated carbocycles. The number of pyridine rings is 1. The van der Waals surface area contributed by atoms with Crippen LogP contribution >= 0.6 is 0 Å². The number of carboxylic acids is 1. The largest absolute Gasteiger partial charge is 0.478 e. The van der Waals surface area contributed by atoms with E-state index in [2.05, 4.69) is 0 Å². The van der Waals surface area contributed by atoms with Crippen molar-refractivity contribution < 1.29 is 9.90 Å². The number of carboxylic acid groups (broad SMARTS) is 1. The van der Waals surface area contributed by atoms with Gasteiger partial charge < -0.3 is 9.67 Å². The van der Waals surface area contributed by atoms with Crippen molar-refractivity contribution in [2.75, 3.05) is 0 Å². The van der Waals surface area contributed by atoms with Crippen LogP contribution in [-0.2, 0) is 6.54 Å². The maximum atomic E-state index is 12.5. The van der Waals surface area contributed by atoms with Gasteiger partial charge in [-0.2, -0.15) is 0 Å². The summed E-state index contributed by atoms with van der Waals surface area (Å²) >= 11 is 0. The van der Waals surface area contributed by atoms with Gasteiger partial charge in [0.05, 0.1) is 17.6 Å². The molecule has 1 heterocycles. The van der Waals surface area contributed by atoms with E-state index in [9.17, 15) is 14.7 Å². The minimum atomic E-state index is -0.984. The second kappa shape index (κ2) is 5.72. The Morgan fingerprint density at radius 3 is 2.52 bits per heavy atom. The van der Waals surface area contributed by atoms with E-state index < -0.39 is 5.97 Å². The van der Waals surface area contributed by atoms with E-state index in [4.69, 9.17) is 0 Å². The number of carbonyl (C=O) groups is 1. The fraction of sp³-hybridized carbons (Fsp3) is 0.158. The van der Waals surface area contributed by atoms with Gasteiger partial charge in [0.1, 0.15) is 0 Å². The van der Waals surface area contributed by atoms with E-state index in [1.54, 1.807) is 34.9 Å². The summed E-state index contributed by atoms with van der Waals surface area (Å²) in [7, 11) is 0. The molecule has 4 nitrogen and oxygen atoms in total. The van der Waals surface area contributed by atoms with Crippen LogP contribution in [0.3, 0.4) is 0 Å². The Hall–Kier alpha value is -2.88.